The van der Waals surface area contributed by atoms with E-state index in [9.17, 15) is 43.5 Å². The summed E-state index contributed by atoms with van der Waals surface area (Å²) in [5.74, 6) is -3.82. The van der Waals surface area contributed by atoms with Crippen LogP contribution in [0.25, 0.3) is 0 Å². The second-order valence-electron chi connectivity index (χ2n) is 20.7. The molecule has 0 bridgehead atoms. The zero-order chi connectivity index (χ0) is 64.4. The lowest BCUT2D eigenvalue weighted by molar-refractivity contribution is -0.142. The highest BCUT2D eigenvalue weighted by molar-refractivity contribution is 8.76. The van der Waals surface area contributed by atoms with E-state index in [2.05, 4.69) is 40.8 Å². The number of carbonyl (C=O) groups excluding carboxylic acids is 6. The van der Waals surface area contributed by atoms with Crippen LogP contribution in [0.2, 0.25) is 0 Å². The summed E-state index contributed by atoms with van der Waals surface area (Å²) in [6, 6.07) is -3.44. The van der Waals surface area contributed by atoms with Crippen LogP contribution in [0.5, 0.6) is 0 Å². The smallest absolute Gasteiger partial charge is 0.326 e. The van der Waals surface area contributed by atoms with Gasteiger partial charge in [0, 0.05) is 56.3 Å². The Hall–Kier alpha value is -4.00. The van der Waals surface area contributed by atoms with E-state index in [0.29, 0.717) is 97.9 Å². The molecule has 87 heavy (non-hydrogen) atoms. The van der Waals surface area contributed by atoms with Gasteiger partial charge in [-0.15, -0.1) is 0 Å². The third-order valence-electron chi connectivity index (χ3n) is 12.7. The maximum Gasteiger partial charge on any atom is 0.326 e. The molecule has 0 rings (SSSR count). The molecule has 506 valence electrons. The Labute approximate surface area is 526 Å². The van der Waals surface area contributed by atoms with Crippen molar-refractivity contribution >= 4 is 83.8 Å². The summed E-state index contributed by atoms with van der Waals surface area (Å²) in [6.07, 6.45) is 16.0. The van der Waals surface area contributed by atoms with E-state index in [1.807, 2.05) is 13.8 Å². The third kappa shape index (κ3) is 56.9. The lowest BCUT2D eigenvalue weighted by atomic mass is 10.0. The van der Waals surface area contributed by atoms with Crippen LogP contribution < -0.4 is 43.8 Å². The van der Waals surface area contributed by atoms with E-state index in [-0.39, 0.29) is 113 Å². The Morgan fingerprint density at radius 2 is 0.851 bits per heavy atom. The molecule has 0 aromatic rings. The minimum absolute atomic E-state index is 0.0118. The number of hydrogen-bond acceptors (Lipinski definition) is 20. The summed E-state index contributed by atoms with van der Waals surface area (Å²) in [5.41, 5.74) is 16.3. The van der Waals surface area contributed by atoms with Crippen LogP contribution in [0, 0.1) is 0 Å². The topological polar surface area (TPSA) is 401 Å². The van der Waals surface area contributed by atoms with Crippen molar-refractivity contribution in [1.29, 1.82) is 0 Å². The Kier molecular flexibility index (Phi) is 56.9. The molecule has 0 aliphatic carbocycles. The quantitative estimate of drug-likeness (QED) is 0.0138. The van der Waals surface area contributed by atoms with E-state index in [1.54, 1.807) is 0 Å². The molecule has 0 spiro atoms. The molecule has 0 aromatic heterocycles. The Morgan fingerprint density at radius 3 is 1.26 bits per heavy atom. The highest BCUT2D eigenvalue weighted by atomic mass is 33.1. The van der Waals surface area contributed by atoms with Gasteiger partial charge < -0.3 is 91.9 Å². The summed E-state index contributed by atoms with van der Waals surface area (Å²) in [4.78, 5) is 101. The molecular formula is C57H108N9O18PS2. The number of hydrogen-bond donors (Lipinski definition) is 10. The molecule has 0 aliphatic heterocycles. The number of amides is 5. The van der Waals surface area contributed by atoms with Gasteiger partial charge in [0.05, 0.1) is 112 Å². The van der Waals surface area contributed by atoms with Crippen molar-refractivity contribution in [3.63, 3.8) is 0 Å². The van der Waals surface area contributed by atoms with Gasteiger partial charge in [-0.3, -0.25) is 38.6 Å². The number of nitrogens with one attached hydrogen (secondary N) is 5. The lowest BCUT2D eigenvalue weighted by Crippen LogP contribution is -2.53. The Bertz CT molecular complexity index is 1850. The minimum atomic E-state index is -1.17. The van der Waals surface area contributed by atoms with Crippen molar-refractivity contribution in [2.45, 2.75) is 179 Å². The van der Waals surface area contributed by atoms with E-state index < -0.39 is 53.8 Å². The fourth-order valence-electron chi connectivity index (χ4n) is 7.99. The van der Waals surface area contributed by atoms with Crippen molar-refractivity contribution in [3.05, 3.63) is 0 Å². The number of nitrogens with two attached hydrogens (primary N) is 3. The number of carboxylic acid groups (broad SMARTS) is 2. The Morgan fingerprint density at radius 1 is 0.448 bits per heavy atom. The number of aliphatic imine (C=N–C) groups is 1. The summed E-state index contributed by atoms with van der Waals surface area (Å²) < 4.78 is 44.1. The standard InChI is InChI=1S/C57H108N9O18PS2/c1-44(2)63-48(56(76)85)43-87-86-42-47(53(58)72)66-54(73)45(18-17-24-62-57(59)60)64-51(69)23-26-77-28-30-79-32-34-81-36-38-83-40-41-84-39-37-82-35-33-80-31-29-78-27-25-61-49(67)22-21-46(55(74)75)65-50(68)19-15-13-11-9-7-5-3-4-6-8-10-12-14-16-20-52(70)71/h44-48,63H,3-43,85H2,1-2H3,(H2,58,72)(H,61,67)(H,64,69)(H,65,68)(H,66,73)(H,70,71)(H,74,75)(H4,59,60,62). The summed E-state index contributed by atoms with van der Waals surface area (Å²) in [5, 5.41) is 32.0. The van der Waals surface area contributed by atoms with Crippen molar-refractivity contribution in [1.82, 2.24) is 26.6 Å². The van der Waals surface area contributed by atoms with Gasteiger partial charge in [0.25, 0.3) is 0 Å². The molecule has 27 nitrogen and oxygen atoms in total. The van der Waals surface area contributed by atoms with Gasteiger partial charge in [-0.05, 0) is 32.1 Å². The molecule has 13 N–H and O–H groups in total. The minimum Gasteiger partial charge on any atom is -0.481 e. The van der Waals surface area contributed by atoms with Gasteiger partial charge in [0.1, 0.15) is 18.1 Å². The number of aliphatic carboxylic acids is 2. The van der Waals surface area contributed by atoms with E-state index in [4.69, 9.17) is 60.2 Å². The van der Waals surface area contributed by atoms with Gasteiger partial charge in [-0.1, -0.05) is 122 Å². The van der Waals surface area contributed by atoms with Crippen molar-refractivity contribution in [2.24, 2.45) is 22.2 Å². The van der Waals surface area contributed by atoms with E-state index in [0.717, 1.165) is 38.5 Å². The van der Waals surface area contributed by atoms with Gasteiger partial charge in [-0.25, -0.2) is 4.79 Å². The number of primary amides is 1. The first kappa shape index (κ1) is 83.0. The van der Waals surface area contributed by atoms with Crippen molar-refractivity contribution < 1.29 is 86.5 Å². The molecule has 5 amide bonds. The molecule has 0 aromatic carbocycles. The zero-order valence-corrected chi connectivity index (χ0v) is 54.7. The SMILES string of the molecule is CC(C)NC(CSSCC(NC(=O)C(CCCN=C(N)N)NC(=O)CCOCCOCCOCCOCCOCCOCCOCCOCCNC(=O)CCC(NC(=O)CCCCCCCCCCCCCCCCC(=O)O)C(=O)O)C(N)=O)C(=O)P. The van der Waals surface area contributed by atoms with Gasteiger partial charge in [-0.2, -0.15) is 0 Å². The monoisotopic (exact) mass is 1300 g/mol. The van der Waals surface area contributed by atoms with E-state index in [1.165, 1.54) is 66.5 Å². The van der Waals surface area contributed by atoms with Crippen LogP contribution in [0.3, 0.4) is 0 Å². The van der Waals surface area contributed by atoms with Crippen LogP contribution in [-0.4, -0.2) is 224 Å². The summed E-state index contributed by atoms with van der Waals surface area (Å²) in [6.45, 7) is 9.64. The maximum atomic E-state index is 13.3. The molecule has 5 unspecified atom stereocenters. The van der Waals surface area contributed by atoms with Crippen LogP contribution in [0.4, 0.5) is 0 Å². The number of carboxylic acids is 2. The zero-order valence-electron chi connectivity index (χ0n) is 51.9. The van der Waals surface area contributed by atoms with Crippen LogP contribution in [0.15, 0.2) is 4.99 Å². The number of guanidine groups is 1. The van der Waals surface area contributed by atoms with Crippen LogP contribution >= 0.6 is 30.8 Å². The Balaban J connectivity index is 3.84. The second-order valence-corrected chi connectivity index (χ2v) is 23.8. The lowest BCUT2D eigenvalue weighted by Gasteiger charge is -2.22. The molecule has 30 heteroatoms. The summed E-state index contributed by atoms with van der Waals surface area (Å²) in [7, 11) is 4.83. The molecule has 0 radical (unpaired) electrons. The average molecular weight is 1300 g/mol. The van der Waals surface area contributed by atoms with Gasteiger partial charge in [0.15, 0.2) is 11.5 Å². The molecule has 0 saturated heterocycles. The fraction of sp³-hybridized carbons (Fsp3) is 0.842. The molecule has 0 aliphatic rings. The molecule has 5 atom stereocenters. The molecule has 0 fully saturated rings. The first-order valence-electron chi connectivity index (χ1n) is 30.8. The molecule has 0 heterocycles. The number of rotatable bonds is 65. The predicted octanol–water partition coefficient (Wildman–Crippen LogP) is 2.96. The maximum absolute atomic E-state index is 13.3. The highest BCUT2D eigenvalue weighted by Crippen LogP contribution is 2.24. The predicted molar refractivity (Wildman–Crippen MR) is 339 cm³/mol. The average Bonchev–Trinajstić information content (AvgIpc) is 3.65. The molecule has 0 saturated carbocycles. The van der Waals surface area contributed by atoms with Crippen LogP contribution in [0.1, 0.15) is 149 Å². The molecular weight excluding hydrogens is 1190 g/mol. The van der Waals surface area contributed by atoms with Crippen LogP contribution in [-0.2, 0) is 76.3 Å². The first-order valence-corrected chi connectivity index (χ1v) is 33.9. The second kappa shape index (κ2) is 59.6. The summed E-state index contributed by atoms with van der Waals surface area (Å²) >= 11 is 0. The van der Waals surface area contributed by atoms with Gasteiger partial charge in [0.2, 0.25) is 29.5 Å². The largest absolute Gasteiger partial charge is 0.481 e. The van der Waals surface area contributed by atoms with Gasteiger partial charge >= 0.3 is 11.9 Å². The van der Waals surface area contributed by atoms with Crippen molar-refractivity contribution in [3.8, 4) is 0 Å². The highest BCUT2D eigenvalue weighted by Gasteiger charge is 2.26. The third-order valence-corrected chi connectivity index (χ3v) is 15.5. The number of nitrogens with zero attached hydrogens (tertiary/aromatic N) is 1. The normalized spacial score (nSPS) is 12.7. The first-order chi connectivity index (χ1) is 41.9. The number of ether oxygens (including phenoxy) is 8. The number of carbonyl (C=O) groups is 8. The number of unbranched alkanes of at least 4 members (excludes halogenated alkanes) is 13. The van der Waals surface area contributed by atoms with E-state index >= 15 is 0 Å². The fourth-order valence-corrected chi connectivity index (χ4v) is 10.7. The van der Waals surface area contributed by atoms with Crippen molar-refractivity contribution in [2.75, 3.05) is 130 Å².